The van der Waals surface area contributed by atoms with E-state index in [1.165, 1.54) is 0 Å². The number of amides is 2. The average molecular weight is 367 g/mol. The third-order valence-electron chi connectivity index (χ3n) is 4.56. The third-order valence-corrected chi connectivity index (χ3v) is 4.56. The summed E-state index contributed by atoms with van der Waals surface area (Å²) in [6.45, 7) is 6.95. The Morgan fingerprint density at radius 2 is 1.70 bits per heavy atom. The zero-order chi connectivity index (χ0) is 19.6. The minimum atomic E-state index is -0.521. The number of nitrogens with zero attached hydrogens (tertiary/aromatic N) is 1. The summed E-state index contributed by atoms with van der Waals surface area (Å²) in [5, 5.41) is 2.98. The minimum Gasteiger partial charge on any atom is -0.354 e. The first-order chi connectivity index (χ1) is 13.0. The molecule has 0 radical (unpaired) electrons. The number of hydrogen-bond donors (Lipinski definition) is 1. The summed E-state index contributed by atoms with van der Waals surface area (Å²) in [6, 6.07) is 17.5. The van der Waals surface area contributed by atoms with Gasteiger partial charge in [-0.15, -0.1) is 0 Å². The standard InChI is InChI=1S/C23H30N2O2/c1-4-14-24-23(27)21(16-19-11-7-6-8-12-19)25(22(26)5-2)17-20-13-9-10-18(3)15-20/h6-13,15,21H,4-5,14,16-17H2,1-3H3,(H,24,27)/t21-/m0/s1. The van der Waals surface area contributed by atoms with Gasteiger partial charge in [0.15, 0.2) is 0 Å². The SMILES string of the molecule is CCCNC(=O)[C@H](Cc1ccccc1)N(Cc1cccc(C)c1)C(=O)CC. The van der Waals surface area contributed by atoms with Crippen molar-refractivity contribution in [2.45, 2.75) is 52.6 Å². The van der Waals surface area contributed by atoms with Gasteiger partial charge in [0, 0.05) is 25.9 Å². The van der Waals surface area contributed by atoms with Crippen LogP contribution in [0.3, 0.4) is 0 Å². The Morgan fingerprint density at radius 1 is 1.00 bits per heavy atom. The zero-order valence-corrected chi connectivity index (χ0v) is 16.6. The maximum atomic E-state index is 12.9. The Hall–Kier alpha value is -2.62. The normalized spacial score (nSPS) is 11.7. The second-order valence-electron chi connectivity index (χ2n) is 6.86. The molecule has 1 N–H and O–H groups in total. The van der Waals surface area contributed by atoms with Crippen molar-refractivity contribution in [1.82, 2.24) is 10.2 Å². The maximum Gasteiger partial charge on any atom is 0.243 e. The zero-order valence-electron chi connectivity index (χ0n) is 16.6. The van der Waals surface area contributed by atoms with E-state index in [1.807, 2.05) is 69.3 Å². The van der Waals surface area contributed by atoms with E-state index in [-0.39, 0.29) is 11.8 Å². The van der Waals surface area contributed by atoms with Crippen molar-refractivity contribution < 1.29 is 9.59 Å². The van der Waals surface area contributed by atoms with Gasteiger partial charge < -0.3 is 10.2 Å². The maximum absolute atomic E-state index is 12.9. The molecule has 27 heavy (non-hydrogen) atoms. The van der Waals surface area contributed by atoms with E-state index in [0.29, 0.717) is 25.9 Å². The van der Waals surface area contributed by atoms with Gasteiger partial charge in [-0.1, -0.05) is 74.0 Å². The summed E-state index contributed by atoms with van der Waals surface area (Å²) in [6.07, 6.45) is 1.75. The quantitative estimate of drug-likeness (QED) is 0.732. The van der Waals surface area contributed by atoms with Crippen LogP contribution in [0.5, 0.6) is 0 Å². The van der Waals surface area contributed by atoms with Gasteiger partial charge in [-0.3, -0.25) is 9.59 Å². The molecule has 0 unspecified atom stereocenters. The Balaban J connectivity index is 2.32. The average Bonchev–Trinajstić information content (AvgIpc) is 2.69. The molecule has 0 heterocycles. The number of carbonyl (C=O) groups excluding carboxylic acids is 2. The molecule has 4 heteroatoms. The fraction of sp³-hybridized carbons (Fsp3) is 0.391. The van der Waals surface area contributed by atoms with Crippen molar-refractivity contribution in [2.24, 2.45) is 0 Å². The molecule has 0 spiro atoms. The number of hydrogen-bond acceptors (Lipinski definition) is 2. The summed E-state index contributed by atoms with van der Waals surface area (Å²) in [4.78, 5) is 27.4. The highest BCUT2D eigenvalue weighted by molar-refractivity contribution is 5.87. The van der Waals surface area contributed by atoms with Gasteiger partial charge in [0.1, 0.15) is 6.04 Å². The predicted molar refractivity (Wildman–Crippen MR) is 109 cm³/mol. The Labute approximate surface area is 162 Å². The molecule has 0 bridgehead atoms. The molecule has 2 amide bonds. The van der Waals surface area contributed by atoms with Crippen LogP contribution in [-0.2, 0) is 22.6 Å². The Morgan fingerprint density at radius 3 is 2.33 bits per heavy atom. The summed E-state index contributed by atoms with van der Waals surface area (Å²) < 4.78 is 0. The number of aryl methyl sites for hydroxylation is 1. The molecule has 2 aromatic rings. The lowest BCUT2D eigenvalue weighted by Crippen LogP contribution is -2.50. The second kappa shape index (κ2) is 10.5. The highest BCUT2D eigenvalue weighted by Gasteiger charge is 2.29. The summed E-state index contributed by atoms with van der Waals surface area (Å²) in [7, 11) is 0. The smallest absolute Gasteiger partial charge is 0.243 e. The van der Waals surface area contributed by atoms with Crippen LogP contribution in [0.2, 0.25) is 0 Å². The van der Waals surface area contributed by atoms with E-state index < -0.39 is 6.04 Å². The molecule has 0 fully saturated rings. The first-order valence-corrected chi connectivity index (χ1v) is 9.71. The van der Waals surface area contributed by atoms with Crippen LogP contribution in [0.15, 0.2) is 54.6 Å². The van der Waals surface area contributed by atoms with E-state index >= 15 is 0 Å². The molecule has 0 saturated heterocycles. The lowest BCUT2D eigenvalue weighted by Gasteiger charge is -2.31. The van der Waals surface area contributed by atoms with Gasteiger partial charge in [0.25, 0.3) is 0 Å². The molecule has 144 valence electrons. The molecule has 0 aliphatic heterocycles. The lowest BCUT2D eigenvalue weighted by atomic mass is 10.0. The van der Waals surface area contributed by atoms with Crippen LogP contribution in [-0.4, -0.2) is 29.3 Å². The Bertz CT molecular complexity index is 743. The van der Waals surface area contributed by atoms with Gasteiger partial charge in [0.05, 0.1) is 0 Å². The molecule has 1 atom stereocenters. The first-order valence-electron chi connectivity index (χ1n) is 9.71. The predicted octanol–water partition coefficient (Wildman–Crippen LogP) is 3.87. The fourth-order valence-corrected chi connectivity index (χ4v) is 3.13. The van der Waals surface area contributed by atoms with Gasteiger partial charge in [-0.2, -0.15) is 0 Å². The second-order valence-corrected chi connectivity index (χ2v) is 6.86. The van der Waals surface area contributed by atoms with Crippen LogP contribution in [0, 0.1) is 6.92 Å². The summed E-state index contributed by atoms with van der Waals surface area (Å²) in [5.74, 6) is -0.0979. The number of rotatable bonds is 9. The van der Waals surface area contributed by atoms with Crippen LogP contribution in [0.4, 0.5) is 0 Å². The van der Waals surface area contributed by atoms with Gasteiger partial charge >= 0.3 is 0 Å². The van der Waals surface area contributed by atoms with Crippen molar-refractivity contribution in [3.63, 3.8) is 0 Å². The van der Waals surface area contributed by atoms with Crippen LogP contribution >= 0.6 is 0 Å². The van der Waals surface area contributed by atoms with Crippen molar-refractivity contribution >= 4 is 11.8 Å². The van der Waals surface area contributed by atoms with E-state index in [9.17, 15) is 9.59 Å². The monoisotopic (exact) mass is 366 g/mol. The van der Waals surface area contributed by atoms with E-state index in [0.717, 1.165) is 23.1 Å². The largest absolute Gasteiger partial charge is 0.354 e. The van der Waals surface area contributed by atoms with E-state index in [1.54, 1.807) is 4.90 Å². The van der Waals surface area contributed by atoms with Crippen molar-refractivity contribution in [3.05, 3.63) is 71.3 Å². The van der Waals surface area contributed by atoms with Crippen molar-refractivity contribution in [1.29, 1.82) is 0 Å². The fourth-order valence-electron chi connectivity index (χ4n) is 3.13. The van der Waals surface area contributed by atoms with E-state index in [4.69, 9.17) is 0 Å². The molecule has 0 saturated carbocycles. The van der Waals surface area contributed by atoms with Crippen LogP contribution in [0.1, 0.15) is 43.4 Å². The van der Waals surface area contributed by atoms with Crippen LogP contribution in [0.25, 0.3) is 0 Å². The summed E-state index contributed by atoms with van der Waals surface area (Å²) >= 11 is 0. The van der Waals surface area contributed by atoms with E-state index in [2.05, 4.69) is 11.4 Å². The molecular weight excluding hydrogens is 336 g/mol. The Kier molecular flexibility index (Phi) is 8.05. The van der Waals surface area contributed by atoms with Gasteiger partial charge in [0.2, 0.25) is 11.8 Å². The third kappa shape index (κ3) is 6.24. The number of nitrogens with one attached hydrogen (secondary N) is 1. The molecule has 0 aliphatic rings. The minimum absolute atomic E-state index is 0.0101. The van der Waals surface area contributed by atoms with Crippen molar-refractivity contribution in [2.75, 3.05) is 6.54 Å². The van der Waals surface area contributed by atoms with Crippen LogP contribution < -0.4 is 5.32 Å². The summed E-state index contributed by atoms with van der Waals surface area (Å²) in [5.41, 5.74) is 3.23. The molecule has 2 aromatic carbocycles. The highest BCUT2D eigenvalue weighted by atomic mass is 16.2. The van der Waals surface area contributed by atoms with Crippen molar-refractivity contribution in [3.8, 4) is 0 Å². The number of carbonyl (C=O) groups is 2. The highest BCUT2D eigenvalue weighted by Crippen LogP contribution is 2.16. The molecule has 2 rings (SSSR count). The first kappa shape index (κ1) is 20.7. The van der Waals surface area contributed by atoms with Gasteiger partial charge in [-0.05, 0) is 24.5 Å². The lowest BCUT2D eigenvalue weighted by molar-refractivity contribution is -0.141. The molecule has 0 aromatic heterocycles. The number of benzene rings is 2. The molecule has 4 nitrogen and oxygen atoms in total. The van der Waals surface area contributed by atoms with Gasteiger partial charge in [-0.25, -0.2) is 0 Å². The topological polar surface area (TPSA) is 49.4 Å². The molecule has 0 aliphatic carbocycles. The molecular formula is C23H30N2O2.